The van der Waals surface area contributed by atoms with Gasteiger partial charge in [0.2, 0.25) is 0 Å². The molecule has 4 fully saturated rings. The van der Waals surface area contributed by atoms with E-state index < -0.39 is 5.97 Å². The number of carboxylic acid groups (broad SMARTS) is 1. The second-order valence-electron chi connectivity index (χ2n) is 7.06. The fourth-order valence-electron chi connectivity index (χ4n) is 5.04. The van der Waals surface area contributed by atoms with Crippen LogP contribution in [0.4, 0.5) is 0 Å². The lowest BCUT2D eigenvalue weighted by molar-refractivity contribution is -0.139. The lowest BCUT2D eigenvalue weighted by atomic mass is 9.75. The van der Waals surface area contributed by atoms with Gasteiger partial charge in [0.05, 0.1) is 13.7 Å². The van der Waals surface area contributed by atoms with Crippen molar-refractivity contribution in [3.05, 3.63) is 29.8 Å². The molecule has 5 nitrogen and oxygen atoms in total. The highest BCUT2D eigenvalue weighted by Gasteiger charge is 2.53. The van der Waals surface area contributed by atoms with Crippen LogP contribution in [-0.4, -0.2) is 66.2 Å². The van der Waals surface area contributed by atoms with Gasteiger partial charge in [-0.2, -0.15) is 0 Å². The van der Waals surface area contributed by atoms with Gasteiger partial charge >= 0.3 is 5.97 Å². The summed E-state index contributed by atoms with van der Waals surface area (Å²) in [5.74, 6) is 1.22. The maximum absolute atomic E-state index is 11.3. The van der Waals surface area contributed by atoms with Gasteiger partial charge < -0.3 is 9.84 Å². The third-order valence-corrected chi connectivity index (χ3v) is 5.98. The lowest BCUT2D eigenvalue weighted by Gasteiger charge is -2.51. The molecule has 0 unspecified atom stereocenters. The van der Waals surface area contributed by atoms with Gasteiger partial charge in [0.1, 0.15) is 5.75 Å². The summed E-state index contributed by atoms with van der Waals surface area (Å²) in [6.07, 6.45) is 2.43. The molecule has 4 aliphatic rings. The van der Waals surface area contributed by atoms with Gasteiger partial charge in [-0.05, 0) is 49.5 Å². The summed E-state index contributed by atoms with van der Waals surface area (Å²) in [5, 5.41) is 9.29. The molecule has 4 saturated heterocycles. The van der Waals surface area contributed by atoms with Crippen molar-refractivity contribution in [3.63, 3.8) is 0 Å². The lowest BCUT2D eigenvalue weighted by Crippen LogP contribution is -2.60. The van der Waals surface area contributed by atoms with Gasteiger partial charge in [-0.25, -0.2) is 0 Å². The minimum Gasteiger partial charge on any atom is -0.497 e. The van der Waals surface area contributed by atoms with E-state index in [4.69, 9.17) is 4.74 Å². The Morgan fingerprint density at radius 2 is 1.91 bits per heavy atom. The molecular weight excluding hydrogens is 292 g/mol. The van der Waals surface area contributed by atoms with Crippen molar-refractivity contribution in [2.75, 3.05) is 33.3 Å². The molecule has 1 N–H and O–H groups in total. The Bertz CT molecular complexity index is 580. The van der Waals surface area contributed by atoms with Gasteiger partial charge in [-0.15, -0.1) is 0 Å². The van der Waals surface area contributed by atoms with E-state index in [2.05, 4.69) is 21.9 Å². The summed E-state index contributed by atoms with van der Waals surface area (Å²) in [6, 6.07) is 9.19. The summed E-state index contributed by atoms with van der Waals surface area (Å²) in [4.78, 5) is 16.1. The van der Waals surface area contributed by atoms with E-state index in [-0.39, 0.29) is 6.54 Å². The topological polar surface area (TPSA) is 53.0 Å². The summed E-state index contributed by atoms with van der Waals surface area (Å²) < 4.78 is 5.26. The fourth-order valence-corrected chi connectivity index (χ4v) is 5.04. The molecule has 3 atom stereocenters. The first kappa shape index (κ1) is 15.0. The molecule has 1 aromatic carbocycles. The maximum atomic E-state index is 11.3. The van der Waals surface area contributed by atoms with E-state index >= 15 is 0 Å². The SMILES string of the molecule is COc1ccc([C@@H]2CN(CC(=O)O)[C@@H]3C4CCN(CC4)[C@@H]32)cc1. The predicted molar refractivity (Wildman–Crippen MR) is 86.8 cm³/mol. The van der Waals surface area contributed by atoms with E-state index in [0.717, 1.165) is 12.3 Å². The van der Waals surface area contributed by atoms with Crippen LogP contribution in [0.3, 0.4) is 0 Å². The van der Waals surface area contributed by atoms with Crippen LogP contribution in [0.15, 0.2) is 24.3 Å². The van der Waals surface area contributed by atoms with E-state index in [1.54, 1.807) is 7.11 Å². The average molecular weight is 316 g/mol. The van der Waals surface area contributed by atoms with Crippen molar-refractivity contribution in [2.24, 2.45) is 5.92 Å². The molecule has 4 heterocycles. The minimum atomic E-state index is -0.712. The summed E-state index contributed by atoms with van der Waals surface area (Å²) in [6.45, 7) is 3.35. The zero-order valence-corrected chi connectivity index (χ0v) is 13.5. The third kappa shape index (κ3) is 2.52. The molecule has 0 aliphatic carbocycles. The van der Waals surface area contributed by atoms with E-state index in [1.807, 2.05) is 12.1 Å². The number of methoxy groups -OCH3 is 1. The number of rotatable bonds is 4. The number of nitrogens with zero attached hydrogens (tertiary/aromatic N) is 2. The third-order valence-electron chi connectivity index (χ3n) is 5.98. The van der Waals surface area contributed by atoms with Gasteiger partial charge in [-0.3, -0.25) is 14.6 Å². The van der Waals surface area contributed by atoms with Crippen LogP contribution >= 0.6 is 0 Å². The average Bonchev–Trinajstić information content (AvgIpc) is 2.97. The molecule has 4 aliphatic heterocycles. The number of ether oxygens (including phenoxy) is 1. The summed E-state index contributed by atoms with van der Waals surface area (Å²) >= 11 is 0. The Morgan fingerprint density at radius 3 is 2.52 bits per heavy atom. The highest BCUT2D eigenvalue weighted by Crippen LogP contribution is 2.46. The first-order valence-corrected chi connectivity index (χ1v) is 8.51. The van der Waals surface area contributed by atoms with Gasteiger partial charge in [-0.1, -0.05) is 12.1 Å². The standard InChI is InChI=1S/C18H24N2O3/c1-23-14-4-2-12(3-5-14)15-10-20(11-16(21)22)17-13-6-8-19(9-7-13)18(15)17/h2-5,13,15,17-18H,6-11H2,1H3,(H,21,22)/t15-,17+,18+/m0/s1. The van der Waals surface area contributed by atoms with Crippen LogP contribution in [0.25, 0.3) is 0 Å². The van der Waals surface area contributed by atoms with E-state index in [1.165, 1.54) is 31.5 Å². The van der Waals surface area contributed by atoms with Gasteiger partial charge in [0.15, 0.2) is 0 Å². The number of aliphatic carboxylic acids is 1. The Hall–Kier alpha value is -1.59. The highest BCUT2D eigenvalue weighted by molar-refractivity contribution is 5.69. The molecule has 0 radical (unpaired) electrons. The number of benzene rings is 1. The predicted octanol–water partition coefficient (Wildman–Crippen LogP) is 1.64. The maximum Gasteiger partial charge on any atom is 0.317 e. The molecule has 5 rings (SSSR count). The summed E-state index contributed by atoms with van der Waals surface area (Å²) in [7, 11) is 1.68. The van der Waals surface area contributed by atoms with Crippen molar-refractivity contribution in [1.82, 2.24) is 9.80 Å². The number of piperidine rings is 3. The zero-order chi connectivity index (χ0) is 16.0. The Kier molecular flexibility index (Phi) is 3.77. The Morgan fingerprint density at radius 1 is 1.22 bits per heavy atom. The highest BCUT2D eigenvalue weighted by atomic mass is 16.5. The molecule has 23 heavy (non-hydrogen) atoms. The van der Waals surface area contributed by atoms with Crippen LogP contribution < -0.4 is 4.74 Å². The van der Waals surface area contributed by atoms with Gasteiger partial charge in [0, 0.05) is 24.5 Å². The minimum absolute atomic E-state index is 0.165. The number of fused-ring (bicyclic) bond motifs is 2. The van der Waals surface area contributed by atoms with Crippen LogP contribution in [-0.2, 0) is 4.79 Å². The molecule has 1 aromatic rings. The Balaban J connectivity index is 1.65. The van der Waals surface area contributed by atoms with Crippen molar-refractivity contribution in [3.8, 4) is 5.75 Å². The largest absolute Gasteiger partial charge is 0.497 e. The van der Waals surface area contributed by atoms with Crippen LogP contribution in [0.1, 0.15) is 24.3 Å². The smallest absolute Gasteiger partial charge is 0.317 e. The van der Waals surface area contributed by atoms with Crippen LogP contribution in [0, 0.1) is 5.92 Å². The number of hydrogen-bond donors (Lipinski definition) is 1. The van der Waals surface area contributed by atoms with E-state index in [9.17, 15) is 9.90 Å². The van der Waals surface area contributed by atoms with E-state index in [0.29, 0.717) is 23.9 Å². The number of carboxylic acids is 1. The number of likely N-dealkylation sites (tertiary alicyclic amines) is 1. The van der Waals surface area contributed by atoms with Crippen molar-refractivity contribution >= 4 is 5.97 Å². The molecule has 5 heteroatoms. The zero-order valence-electron chi connectivity index (χ0n) is 13.5. The first-order chi connectivity index (χ1) is 11.2. The fraction of sp³-hybridized carbons (Fsp3) is 0.611. The molecule has 0 saturated carbocycles. The van der Waals surface area contributed by atoms with Crippen LogP contribution in [0.2, 0.25) is 0 Å². The molecule has 0 spiro atoms. The molecule has 2 bridgehead atoms. The molecule has 124 valence electrons. The van der Waals surface area contributed by atoms with Crippen LogP contribution in [0.5, 0.6) is 5.75 Å². The van der Waals surface area contributed by atoms with Gasteiger partial charge in [0.25, 0.3) is 0 Å². The quantitative estimate of drug-likeness (QED) is 0.915. The monoisotopic (exact) mass is 316 g/mol. The first-order valence-electron chi connectivity index (χ1n) is 8.51. The summed E-state index contributed by atoms with van der Waals surface area (Å²) in [5.41, 5.74) is 1.31. The molecule has 0 amide bonds. The molecule has 0 aromatic heterocycles. The second-order valence-corrected chi connectivity index (χ2v) is 7.06. The number of carbonyl (C=O) groups is 1. The normalized spacial score (nSPS) is 36.0. The second kappa shape index (κ2) is 5.80. The molecular formula is C18H24N2O3. The van der Waals surface area contributed by atoms with Crippen molar-refractivity contribution in [1.29, 1.82) is 0 Å². The van der Waals surface area contributed by atoms with Crippen molar-refractivity contribution in [2.45, 2.75) is 30.8 Å². The number of hydrogen-bond acceptors (Lipinski definition) is 4. The van der Waals surface area contributed by atoms with Crippen molar-refractivity contribution < 1.29 is 14.6 Å². The Labute approximate surface area is 136 Å².